The van der Waals surface area contributed by atoms with Gasteiger partial charge in [0.15, 0.2) is 0 Å². The molecule has 7 nitrogen and oxygen atoms in total. The van der Waals surface area contributed by atoms with Crippen molar-refractivity contribution in [1.82, 2.24) is 15.5 Å². The maximum Gasteiger partial charge on any atom is 0.321 e. The van der Waals surface area contributed by atoms with E-state index < -0.39 is 17.9 Å². The molecule has 0 spiro atoms. The zero-order valence-corrected chi connectivity index (χ0v) is 9.73. The summed E-state index contributed by atoms with van der Waals surface area (Å²) in [5.41, 5.74) is 0. The maximum absolute atomic E-state index is 11.4. The smallest absolute Gasteiger partial charge is 0.321 e. The number of rotatable bonds is 4. The molecule has 0 aliphatic carbocycles. The number of nitrogens with one attached hydrogen (secondary N) is 2. The summed E-state index contributed by atoms with van der Waals surface area (Å²) in [4.78, 5) is 34.8. The Morgan fingerprint density at radius 3 is 2.71 bits per heavy atom. The quantitative estimate of drug-likeness (QED) is 0.611. The first-order valence-electron chi connectivity index (χ1n) is 5.50. The highest BCUT2D eigenvalue weighted by Crippen LogP contribution is 2.19. The van der Waals surface area contributed by atoms with E-state index in [0.717, 1.165) is 12.8 Å². The molecular weight excluding hydrogens is 226 g/mol. The zero-order valence-electron chi connectivity index (χ0n) is 9.73. The van der Waals surface area contributed by atoms with Gasteiger partial charge in [-0.15, -0.1) is 0 Å². The van der Waals surface area contributed by atoms with Gasteiger partial charge < -0.3 is 10.4 Å². The SMILES string of the molecule is CNC(=O)NC(=O)CN1CCCC1CC(=O)O. The molecule has 7 heteroatoms. The molecule has 1 saturated heterocycles. The molecule has 0 radical (unpaired) electrons. The molecule has 0 aromatic rings. The maximum atomic E-state index is 11.4. The van der Waals surface area contributed by atoms with Gasteiger partial charge in [-0.3, -0.25) is 19.8 Å². The summed E-state index contributed by atoms with van der Waals surface area (Å²) in [6.07, 6.45) is 1.69. The van der Waals surface area contributed by atoms with E-state index in [1.165, 1.54) is 7.05 Å². The van der Waals surface area contributed by atoms with Crippen LogP contribution in [0.2, 0.25) is 0 Å². The third kappa shape index (κ3) is 4.39. The first-order valence-corrected chi connectivity index (χ1v) is 5.50. The van der Waals surface area contributed by atoms with Crippen LogP contribution >= 0.6 is 0 Å². The Morgan fingerprint density at radius 2 is 2.12 bits per heavy atom. The van der Waals surface area contributed by atoms with Gasteiger partial charge in [0.25, 0.3) is 0 Å². The average Bonchev–Trinajstić information content (AvgIpc) is 2.64. The number of urea groups is 1. The molecule has 1 unspecified atom stereocenters. The van der Waals surface area contributed by atoms with Gasteiger partial charge in [-0.25, -0.2) is 4.79 Å². The lowest BCUT2D eigenvalue weighted by atomic mass is 10.1. The first-order chi connectivity index (χ1) is 8.02. The Balaban J connectivity index is 2.41. The third-order valence-corrected chi connectivity index (χ3v) is 2.74. The Labute approximate surface area is 99.2 Å². The van der Waals surface area contributed by atoms with E-state index in [-0.39, 0.29) is 19.0 Å². The van der Waals surface area contributed by atoms with Crippen molar-refractivity contribution in [1.29, 1.82) is 0 Å². The van der Waals surface area contributed by atoms with Gasteiger partial charge >= 0.3 is 12.0 Å². The van der Waals surface area contributed by atoms with E-state index in [2.05, 4.69) is 10.6 Å². The predicted octanol–water partition coefficient (Wildman–Crippen LogP) is -0.619. The average molecular weight is 243 g/mol. The first kappa shape index (κ1) is 13.4. The van der Waals surface area contributed by atoms with E-state index >= 15 is 0 Å². The predicted molar refractivity (Wildman–Crippen MR) is 59.4 cm³/mol. The van der Waals surface area contributed by atoms with Crippen LogP contribution in [0, 0.1) is 0 Å². The summed E-state index contributed by atoms with van der Waals surface area (Å²) >= 11 is 0. The van der Waals surface area contributed by atoms with E-state index in [0.29, 0.717) is 6.54 Å². The number of carboxylic acid groups (broad SMARTS) is 1. The van der Waals surface area contributed by atoms with Crippen LogP contribution in [0.1, 0.15) is 19.3 Å². The lowest BCUT2D eigenvalue weighted by Gasteiger charge is -2.21. The number of aliphatic carboxylic acids is 1. The van der Waals surface area contributed by atoms with Gasteiger partial charge in [0.2, 0.25) is 5.91 Å². The second-order valence-corrected chi connectivity index (χ2v) is 3.99. The van der Waals surface area contributed by atoms with Gasteiger partial charge in [-0.2, -0.15) is 0 Å². The number of hydrogen-bond acceptors (Lipinski definition) is 4. The lowest BCUT2D eigenvalue weighted by molar-refractivity contribution is -0.138. The number of carboxylic acids is 1. The normalized spacial score (nSPS) is 19.9. The minimum Gasteiger partial charge on any atom is -0.481 e. The highest BCUT2D eigenvalue weighted by molar-refractivity contribution is 5.95. The molecule has 1 aliphatic heterocycles. The summed E-state index contributed by atoms with van der Waals surface area (Å²) < 4.78 is 0. The van der Waals surface area contributed by atoms with Crippen molar-refractivity contribution in [3.05, 3.63) is 0 Å². The molecule has 1 fully saturated rings. The number of carbonyl (C=O) groups is 3. The van der Waals surface area contributed by atoms with E-state index in [1.807, 2.05) is 0 Å². The molecule has 1 heterocycles. The largest absolute Gasteiger partial charge is 0.481 e. The van der Waals surface area contributed by atoms with Gasteiger partial charge in [-0.05, 0) is 19.4 Å². The number of carbonyl (C=O) groups excluding carboxylic acids is 2. The number of amides is 3. The molecule has 1 rings (SSSR count). The molecule has 1 atom stereocenters. The highest BCUT2D eigenvalue weighted by Gasteiger charge is 2.28. The van der Waals surface area contributed by atoms with Crippen LogP contribution in [0.15, 0.2) is 0 Å². The van der Waals surface area contributed by atoms with Gasteiger partial charge in [-0.1, -0.05) is 0 Å². The summed E-state index contributed by atoms with van der Waals surface area (Å²) in [6, 6.07) is -0.660. The highest BCUT2D eigenvalue weighted by atomic mass is 16.4. The number of hydrogen-bond donors (Lipinski definition) is 3. The van der Waals surface area contributed by atoms with Crippen LogP contribution in [0.3, 0.4) is 0 Å². The Kier molecular flexibility index (Phi) is 4.89. The molecule has 1 aliphatic rings. The molecule has 3 N–H and O–H groups in total. The Bertz CT molecular complexity index is 319. The fourth-order valence-corrected chi connectivity index (χ4v) is 1.95. The van der Waals surface area contributed by atoms with E-state index in [9.17, 15) is 14.4 Å². The van der Waals surface area contributed by atoms with Crippen molar-refractivity contribution in [2.45, 2.75) is 25.3 Å². The molecule has 17 heavy (non-hydrogen) atoms. The summed E-state index contributed by atoms with van der Waals surface area (Å²) in [5, 5.41) is 13.2. The van der Waals surface area contributed by atoms with Crippen LogP contribution in [0.4, 0.5) is 4.79 Å². The van der Waals surface area contributed by atoms with Crippen LogP contribution in [0.25, 0.3) is 0 Å². The molecule has 0 saturated carbocycles. The minimum atomic E-state index is -0.867. The van der Waals surface area contributed by atoms with Crippen molar-refractivity contribution in [3.8, 4) is 0 Å². The lowest BCUT2D eigenvalue weighted by Crippen LogP contribution is -2.45. The fourth-order valence-electron chi connectivity index (χ4n) is 1.95. The molecule has 0 aromatic carbocycles. The van der Waals surface area contributed by atoms with Crippen molar-refractivity contribution in [3.63, 3.8) is 0 Å². The van der Waals surface area contributed by atoms with E-state index in [4.69, 9.17) is 5.11 Å². The second kappa shape index (κ2) is 6.19. The van der Waals surface area contributed by atoms with Gasteiger partial charge in [0, 0.05) is 13.1 Å². The van der Waals surface area contributed by atoms with E-state index in [1.54, 1.807) is 4.90 Å². The summed E-state index contributed by atoms with van der Waals surface area (Å²) in [5.74, 6) is -1.28. The molecule has 0 bridgehead atoms. The van der Waals surface area contributed by atoms with Crippen molar-refractivity contribution < 1.29 is 19.5 Å². The Morgan fingerprint density at radius 1 is 1.41 bits per heavy atom. The van der Waals surface area contributed by atoms with Crippen LogP contribution in [-0.2, 0) is 9.59 Å². The third-order valence-electron chi connectivity index (χ3n) is 2.74. The van der Waals surface area contributed by atoms with Crippen molar-refractivity contribution in [2.75, 3.05) is 20.1 Å². The standard InChI is InChI=1S/C10H17N3O4/c1-11-10(17)12-8(14)6-13-4-2-3-7(13)5-9(15)16/h7H,2-6H2,1H3,(H,15,16)(H2,11,12,14,17). The number of likely N-dealkylation sites (tertiary alicyclic amines) is 1. The summed E-state index contributed by atoms with van der Waals surface area (Å²) in [7, 11) is 1.42. The van der Waals surface area contributed by atoms with Crippen LogP contribution in [0.5, 0.6) is 0 Å². The van der Waals surface area contributed by atoms with Crippen molar-refractivity contribution >= 4 is 17.9 Å². The minimum absolute atomic E-state index is 0.0350. The van der Waals surface area contributed by atoms with Gasteiger partial charge in [0.1, 0.15) is 0 Å². The molecule has 96 valence electrons. The zero-order chi connectivity index (χ0) is 12.8. The van der Waals surface area contributed by atoms with Crippen LogP contribution < -0.4 is 10.6 Å². The molecule has 3 amide bonds. The number of nitrogens with zero attached hydrogens (tertiary/aromatic N) is 1. The fraction of sp³-hybridized carbons (Fsp3) is 0.700. The second-order valence-electron chi connectivity index (χ2n) is 3.99. The number of imide groups is 1. The topological polar surface area (TPSA) is 98.7 Å². The Hall–Kier alpha value is -1.63. The molecular formula is C10H17N3O4. The van der Waals surface area contributed by atoms with Gasteiger partial charge in [0.05, 0.1) is 13.0 Å². The monoisotopic (exact) mass is 243 g/mol. The van der Waals surface area contributed by atoms with Crippen LogP contribution in [-0.4, -0.2) is 54.1 Å². The van der Waals surface area contributed by atoms with Crippen molar-refractivity contribution in [2.24, 2.45) is 0 Å². The summed E-state index contributed by atoms with van der Waals surface area (Å²) in [6.45, 7) is 0.754. The molecule has 0 aromatic heterocycles.